The summed E-state index contributed by atoms with van der Waals surface area (Å²) < 4.78 is 0. The van der Waals surface area contributed by atoms with Crippen molar-refractivity contribution in [1.29, 1.82) is 0 Å². The van der Waals surface area contributed by atoms with Crippen LogP contribution in [0.4, 0.5) is 0 Å². The molecule has 4 heteroatoms. The van der Waals surface area contributed by atoms with Crippen LogP contribution in [0.25, 0.3) is 0 Å². The molecular weight excluding hydrogens is 266 g/mol. The van der Waals surface area contributed by atoms with Crippen LogP contribution in [0.3, 0.4) is 0 Å². The third-order valence-corrected chi connectivity index (χ3v) is 5.23. The topological polar surface area (TPSA) is 12.0 Å². The summed E-state index contributed by atoms with van der Waals surface area (Å²) in [5.74, 6) is 1.15. The summed E-state index contributed by atoms with van der Waals surface area (Å²) in [6.45, 7) is 2.25. The van der Waals surface area contributed by atoms with Crippen LogP contribution in [0.15, 0.2) is 35.0 Å². The first-order valence-electron chi connectivity index (χ1n) is 5.63. The summed E-state index contributed by atoms with van der Waals surface area (Å²) in [6, 6.07) is 9.57. The molecule has 0 fully saturated rings. The van der Waals surface area contributed by atoms with Gasteiger partial charge in [0.25, 0.3) is 0 Å². The van der Waals surface area contributed by atoms with E-state index in [-0.39, 0.29) is 0 Å². The third kappa shape index (κ3) is 3.58. The Morgan fingerprint density at radius 1 is 1.18 bits per heavy atom. The fourth-order valence-corrected chi connectivity index (χ4v) is 4.07. The molecule has 1 N–H and O–H groups in total. The van der Waals surface area contributed by atoms with Gasteiger partial charge < -0.3 is 5.32 Å². The molecule has 0 aromatic carbocycles. The maximum atomic E-state index is 3.72. The average molecular weight is 283 g/mol. The van der Waals surface area contributed by atoms with E-state index in [0.717, 1.165) is 5.75 Å². The summed E-state index contributed by atoms with van der Waals surface area (Å²) in [4.78, 5) is 2.81. The minimum Gasteiger partial charge on any atom is -0.302 e. The summed E-state index contributed by atoms with van der Waals surface area (Å²) in [5.41, 5.74) is 0. The number of thioether (sulfide) groups is 1. The van der Waals surface area contributed by atoms with Crippen molar-refractivity contribution in [2.75, 3.05) is 12.0 Å². The second-order valence-electron chi connectivity index (χ2n) is 3.99. The fourth-order valence-electron chi connectivity index (χ4n) is 1.80. The van der Waals surface area contributed by atoms with Gasteiger partial charge in [0.2, 0.25) is 0 Å². The minimum absolute atomic E-state index is 0.358. The van der Waals surface area contributed by atoms with Crippen molar-refractivity contribution < 1.29 is 0 Å². The summed E-state index contributed by atoms with van der Waals surface area (Å²) in [7, 11) is 0. The number of rotatable bonds is 6. The molecule has 17 heavy (non-hydrogen) atoms. The number of nitrogens with one attached hydrogen (secondary N) is 1. The van der Waals surface area contributed by atoms with Crippen LogP contribution < -0.4 is 5.32 Å². The quantitative estimate of drug-likeness (QED) is 0.851. The fraction of sp³-hybridized carbons (Fsp3) is 0.385. The highest BCUT2D eigenvalue weighted by atomic mass is 32.2. The number of thiophene rings is 2. The molecule has 0 bridgehead atoms. The predicted molar refractivity (Wildman–Crippen MR) is 81.5 cm³/mol. The van der Waals surface area contributed by atoms with Crippen LogP contribution in [0.2, 0.25) is 0 Å². The van der Waals surface area contributed by atoms with Gasteiger partial charge in [-0.05, 0) is 36.1 Å². The van der Waals surface area contributed by atoms with Gasteiger partial charge in [-0.2, -0.15) is 11.8 Å². The molecule has 0 aliphatic carbocycles. The molecule has 0 spiro atoms. The first-order chi connectivity index (χ1) is 8.31. The average Bonchev–Trinajstić information content (AvgIpc) is 3.00. The second kappa shape index (κ2) is 6.59. The van der Waals surface area contributed by atoms with E-state index < -0.39 is 0 Å². The van der Waals surface area contributed by atoms with Gasteiger partial charge in [0, 0.05) is 21.5 Å². The lowest BCUT2D eigenvalue weighted by Gasteiger charge is -2.21. The molecule has 0 saturated carbocycles. The van der Waals surface area contributed by atoms with Crippen molar-refractivity contribution in [2.24, 2.45) is 0 Å². The molecule has 0 amide bonds. The van der Waals surface area contributed by atoms with Crippen molar-refractivity contribution in [3.63, 3.8) is 0 Å². The molecule has 0 aliphatic rings. The Kier molecular flexibility index (Phi) is 5.10. The Morgan fingerprint density at radius 3 is 2.18 bits per heavy atom. The molecule has 2 aromatic heterocycles. The highest BCUT2D eigenvalue weighted by Gasteiger charge is 2.17. The Labute approximate surface area is 115 Å². The Hall–Kier alpha value is -0.290. The van der Waals surface area contributed by atoms with Crippen molar-refractivity contribution >= 4 is 34.4 Å². The Morgan fingerprint density at radius 2 is 1.76 bits per heavy atom. The maximum absolute atomic E-state index is 3.72. The molecule has 2 rings (SSSR count). The summed E-state index contributed by atoms with van der Waals surface area (Å²) in [5, 5.41) is 8.02. The van der Waals surface area contributed by atoms with Crippen molar-refractivity contribution in [2.45, 2.75) is 19.0 Å². The molecule has 0 saturated heterocycles. The molecule has 1 unspecified atom stereocenters. The second-order valence-corrected chi connectivity index (χ2v) is 6.86. The lowest BCUT2D eigenvalue weighted by atomic mass is 10.2. The van der Waals surface area contributed by atoms with Gasteiger partial charge in [-0.15, -0.1) is 22.7 Å². The zero-order valence-electron chi connectivity index (χ0n) is 10.1. The predicted octanol–water partition coefficient (Wildman–Crippen LogP) is 4.24. The minimum atomic E-state index is 0.358. The van der Waals surface area contributed by atoms with Crippen LogP contribution in [0.1, 0.15) is 22.7 Å². The summed E-state index contributed by atoms with van der Waals surface area (Å²) >= 11 is 5.54. The van der Waals surface area contributed by atoms with E-state index in [9.17, 15) is 0 Å². The molecular formula is C13H17NS3. The smallest absolute Gasteiger partial charge is 0.0767 e. The number of hydrogen-bond donors (Lipinski definition) is 1. The van der Waals surface area contributed by atoms with Gasteiger partial charge in [-0.1, -0.05) is 12.1 Å². The zero-order chi connectivity index (χ0) is 12.1. The van der Waals surface area contributed by atoms with E-state index in [2.05, 4.69) is 53.5 Å². The van der Waals surface area contributed by atoms with Crippen LogP contribution in [0, 0.1) is 0 Å². The lowest BCUT2D eigenvalue weighted by Crippen LogP contribution is -2.32. The van der Waals surface area contributed by atoms with E-state index in [1.807, 2.05) is 34.4 Å². The van der Waals surface area contributed by atoms with E-state index in [4.69, 9.17) is 0 Å². The van der Waals surface area contributed by atoms with Crippen LogP contribution in [-0.4, -0.2) is 18.1 Å². The van der Waals surface area contributed by atoms with Crippen molar-refractivity contribution in [1.82, 2.24) is 5.32 Å². The molecule has 1 nitrogen and oxygen atoms in total. The van der Waals surface area contributed by atoms with E-state index >= 15 is 0 Å². The number of hydrogen-bond acceptors (Lipinski definition) is 4. The molecule has 92 valence electrons. The normalized spacial score (nSPS) is 13.1. The standard InChI is InChI=1S/C13H17NS3/c1-10(9-15-2)14-13(11-5-3-7-16-11)12-6-4-8-17-12/h3-8,10,13-14H,9H2,1-2H3. The highest BCUT2D eigenvalue weighted by molar-refractivity contribution is 7.98. The molecule has 0 aliphatic heterocycles. The van der Waals surface area contributed by atoms with E-state index in [0.29, 0.717) is 12.1 Å². The first kappa shape index (κ1) is 13.1. The Balaban J connectivity index is 2.14. The zero-order valence-corrected chi connectivity index (χ0v) is 12.5. The van der Waals surface area contributed by atoms with Crippen molar-refractivity contribution in [3.8, 4) is 0 Å². The van der Waals surface area contributed by atoms with Gasteiger partial charge in [0.1, 0.15) is 0 Å². The maximum Gasteiger partial charge on any atom is 0.0767 e. The van der Waals surface area contributed by atoms with Crippen molar-refractivity contribution in [3.05, 3.63) is 44.8 Å². The Bertz CT molecular complexity index is 374. The molecule has 2 aromatic rings. The molecule has 0 radical (unpaired) electrons. The first-order valence-corrected chi connectivity index (χ1v) is 8.78. The van der Waals surface area contributed by atoms with E-state index in [1.54, 1.807) is 0 Å². The largest absolute Gasteiger partial charge is 0.302 e. The summed E-state index contributed by atoms with van der Waals surface area (Å²) in [6.07, 6.45) is 2.16. The lowest BCUT2D eigenvalue weighted by molar-refractivity contribution is 0.545. The SMILES string of the molecule is CSCC(C)NC(c1cccs1)c1cccs1. The van der Waals surface area contributed by atoms with Gasteiger partial charge in [0.15, 0.2) is 0 Å². The molecule has 1 atom stereocenters. The van der Waals surface area contributed by atoms with Gasteiger partial charge in [-0.3, -0.25) is 0 Å². The van der Waals surface area contributed by atoms with Crippen LogP contribution >= 0.6 is 34.4 Å². The monoisotopic (exact) mass is 283 g/mol. The van der Waals surface area contributed by atoms with Gasteiger partial charge in [-0.25, -0.2) is 0 Å². The highest BCUT2D eigenvalue weighted by Crippen LogP contribution is 2.29. The van der Waals surface area contributed by atoms with E-state index in [1.165, 1.54) is 9.75 Å². The molecule has 2 heterocycles. The van der Waals surface area contributed by atoms with Crippen LogP contribution in [0.5, 0.6) is 0 Å². The van der Waals surface area contributed by atoms with Gasteiger partial charge in [0.05, 0.1) is 6.04 Å². The van der Waals surface area contributed by atoms with Gasteiger partial charge >= 0.3 is 0 Å². The third-order valence-electron chi connectivity index (χ3n) is 2.52. The van der Waals surface area contributed by atoms with Crippen LogP contribution in [-0.2, 0) is 0 Å².